The van der Waals surface area contributed by atoms with Crippen molar-refractivity contribution in [3.63, 3.8) is 0 Å². The van der Waals surface area contributed by atoms with E-state index in [0.717, 1.165) is 0 Å². The SMILES string of the molecule is O=C([O-])[C@@H](NC(=O)[C@H](c1ccccc1)n1cnc2ccccc2c1=O)c1ccccc1. The number of rotatable bonds is 6. The lowest BCUT2D eigenvalue weighted by molar-refractivity contribution is -0.308. The summed E-state index contributed by atoms with van der Waals surface area (Å²) in [5.41, 5.74) is 0.989. The van der Waals surface area contributed by atoms with Crippen LogP contribution >= 0.6 is 0 Å². The van der Waals surface area contributed by atoms with E-state index in [2.05, 4.69) is 10.3 Å². The van der Waals surface area contributed by atoms with Gasteiger partial charge in [-0.15, -0.1) is 0 Å². The number of carboxylic acid groups (broad SMARTS) is 1. The third kappa shape index (κ3) is 4.06. The fraction of sp³-hybridized carbons (Fsp3) is 0.0833. The van der Waals surface area contributed by atoms with Crippen molar-refractivity contribution in [2.24, 2.45) is 0 Å². The number of aromatic nitrogens is 2. The normalized spacial score (nSPS) is 12.8. The topological polar surface area (TPSA) is 104 Å². The van der Waals surface area contributed by atoms with Gasteiger partial charge in [-0.05, 0) is 23.3 Å². The summed E-state index contributed by atoms with van der Waals surface area (Å²) in [6, 6.07) is 21.3. The third-order valence-electron chi connectivity index (χ3n) is 4.99. The zero-order chi connectivity index (χ0) is 21.8. The molecule has 4 aromatic rings. The van der Waals surface area contributed by atoms with E-state index in [-0.39, 0.29) is 0 Å². The number of amides is 1. The molecule has 0 saturated heterocycles. The molecule has 0 saturated carbocycles. The Balaban J connectivity index is 1.79. The van der Waals surface area contributed by atoms with Crippen molar-refractivity contribution in [1.29, 1.82) is 0 Å². The number of hydrogen-bond donors (Lipinski definition) is 1. The van der Waals surface area contributed by atoms with Gasteiger partial charge < -0.3 is 15.2 Å². The molecule has 0 aliphatic heterocycles. The molecular weight excluding hydrogens is 394 g/mol. The summed E-state index contributed by atoms with van der Waals surface area (Å²) in [5.74, 6) is -2.11. The Morgan fingerprint density at radius 2 is 1.42 bits per heavy atom. The van der Waals surface area contributed by atoms with Crippen molar-refractivity contribution >= 4 is 22.8 Å². The van der Waals surface area contributed by atoms with Crippen LogP contribution in [0, 0.1) is 0 Å². The Morgan fingerprint density at radius 1 is 0.839 bits per heavy atom. The van der Waals surface area contributed by atoms with Crippen LogP contribution in [-0.2, 0) is 9.59 Å². The van der Waals surface area contributed by atoms with Gasteiger partial charge in [-0.1, -0.05) is 72.8 Å². The van der Waals surface area contributed by atoms with Crippen molar-refractivity contribution in [2.75, 3.05) is 0 Å². The van der Waals surface area contributed by atoms with Crippen molar-refractivity contribution in [3.05, 3.63) is 113 Å². The Labute approximate surface area is 177 Å². The first-order chi connectivity index (χ1) is 15.1. The molecule has 0 aliphatic carbocycles. The van der Waals surface area contributed by atoms with Gasteiger partial charge in [0.15, 0.2) is 0 Å². The number of aliphatic carboxylic acids is 1. The first kappa shape index (κ1) is 20.0. The number of carbonyl (C=O) groups excluding carboxylic acids is 2. The number of hydrogen-bond acceptors (Lipinski definition) is 5. The Kier molecular flexibility index (Phi) is 5.57. The van der Waals surface area contributed by atoms with Crippen LogP contribution in [-0.4, -0.2) is 21.4 Å². The average molecular weight is 412 g/mol. The maximum atomic E-state index is 13.3. The van der Waals surface area contributed by atoms with Crippen LogP contribution < -0.4 is 16.0 Å². The molecular formula is C24H18N3O4-. The van der Waals surface area contributed by atoms with E-state index in [1.165, 1.54) is 10.9 Å². The van der Waals surface area contributed by atoms with Gasteiger partial charge in [-0.3, -0.25) is 14.2 Å². The summed E-state index contributed by atoms with van der Waals surface area (Å²) in [5, 5.41) is 14.6. The molecule has 7 heteroatoms. The molecule has 0 radical (unpaired) electrons. The molecule has 1 heterocycles. The smallest absolute Gasteiger partial charge is 0.262 e. The predicted molar refractivity (Wildman–Crippen MR) is 113 cm³/mol. The summed E-state index contributed by atoms with van der Waals surface area (Å²) in [7, 11) is 0. The third-order valence-corrected chi connectivity index (χ3v) is 4.99. The minimum atomic E-state index is -1.45. The molecule has 0 unspecified atom stereocenters. The zero-order valence-electron chi connectivity index (χ0n) is 16.3. The fourth-order valence-corrected chi connectivity index (χ4v) is 3.49. The van der Waals surface area contributed by atoms with E-state index < -0.39 is 29.5 Å². The molecule has 1 amide bonds. The highest BCUT2D eigenvalue weighted by Gasteiger charge is 2.27. The number of nitrogens with zero attached hydrogens (tertiary/aromatic N) is 2. The van der Waals surface area contributed by atoms with Crippen LogP contribution in [0.15, 0.2) is 96.1 Å². The number of carboxylic acids is 1. The fourth-order valence-electron chi connectivity index (χ4n) is 3.49. The summed E-state index contributed by atoms with van der Waals surface area (Å²) in [6.45, 7) is 0. The van der Waals surface area contributed by atoms with Crippen LogP contribution in [0.25, 0.3) is 10.9 Å². The highest BCUT2D eigenvalue weighted by molar-refractivity contribution is 5.88. The maximum absolute atomic E-state index is 13.3. The van der Waals surface area contributed by atoms with Crippen molar-refractivity contribution in [2.45, 2.75) is 12.1 Å². The first-order valence-electron chi connectivity index (χ1n) is 9.63. The minimum absolute atomic E-state index is 0.359. The lowest BCUT2D eigenvalue weighted by Gasteiger charge is -2.25. The van der Waals surface area contributed by atoms with Crippen LogP contribution in [0.2, 0.25) is 0 Å². The number of nitrogens with one attached hydrogen (secondary N) is 1. The molecule has 0 aliphatic rings. The molecule has 2 atom stereocenters. The number of fused-ring (bicyclic) bond motifs is 1. The summed E-state index contributed by atoms with van der Waals surface area (Å²) < 4.78 is 1.21. The van der Waals surface area contributed by atoms with Crippen molar-refractivity contribution in [3.8, 4) is 0 Å². The number of para-hydroxylation sites is 1. The van der Waals surface area contributed by atoms with Crippen LogP contribution in [0.5, 0.6) is 0 Å². The van der Waals surface area contributed by atoms with E-state index in [0.29, 0.717) is 22.0 Å². The summed E-state index contributed by atoms with van der Waals surface area (Å²) in [4.78, 5) is 42.5. The van der Waals surface area contributed by atoms with Gasteiger partial charge in [0.05, 0.1) is 29.2 Å². The monoisotopic (exact) mass is 412 g/mol. The first-order valence-corrected chi connectivity index (χ1v) is 9.63. The van der Waals surface area contributed by atoms with Crippen LogP contribution in [0.3, 0.4) is 0 Å². The van der Waals surface area contributed by atoms with Gasteiger partial charge in [-0.25, -0.2) is 4.98 Å². The number of carbonyl (C=O) groups is 2. The predicted octanol–water partition coefficient (Wildman–Crippen LogP) is 1.59. The molecule has 0 spiro atoms. The molecule has 7 nitrogen and oxygen atoms in total. The van der Waals surface area contributed by atoms with Crippen LogP contribution in [0.4, 0.5) is 0 Å². The second-order valence-electron chi connectivity index (χ2n) is 6.96. The summed E-state index contributed by atoms with van der Waals surface area (Å²) >= 11 is 0. The zero-order valence-corrected chi connectivity index (χ0v) is 16.3. The summed E-state index contributed by atoms with van der Waals surface area (Å²) in [6.07, 6.45) is 1.30. The molecule has 3 aromatic carbocycles. The standard InChI is InChI=1S/C24H19N3O4/c28-22(26-20(24(30)31)16-9-3-1-4-10-16)21(17-11-5-2-6-12-17)27-15-25-19-14-8-7-13-18(19)23(27)29/h1-15,20-21H,(H,26,28)(H,30,31)/p-1/t20-,21-/m0/s1. The largest absolute Gasteiger partial charge is 0.548 e. The van der Waals surface area contributed by atoms with Gasteiger partial charge in [-0.2, -0.15) is 0 Å². The lowest BCUT2D eigenvalue weighted by Crippen LogP contribution is -2.45. The van der Waals surface area contributed by atoms with Crippen LogP contribution in [0.1, 0.15) is 23.2 Å². The van der Waals surface area contributed by atoms with E-state index in [9.17, 15) is 19.5 Å². The van der Waals surface area contributed by atoms with E-state index in [1.807, 2.05) is 0 Å². The molecule has 4 rings (SSSR count). The Hall–Kier alpha value is -4.26. The molecule has 1 aromatic heterocycles. The van der Waals surface area contributed by atoms with Gasteiger partial charge in [0.1, 0.15) is 6.04 Å². The lowest BCUT2D eigenvalue weighted by atomic mass is 10.0. The van der Waals surface area contributed by atoms with Gasteiger partial charge in [0.25, 0.3) is 5.56 Å². The molecule has 1 N–H and O–H groups in total. The van der Waals surface area contributed by atoms with E-state index in [4.69, 9.17) is 0 Å². The maximum Gasteiger partial charge on any atom is 0.262 e. The molecule has 0 bridgehead atoms. The second-order valence-corrected chi connectivity index (χ2v) is 6.96. The highest BCUT2D eigenvalue weighted by Crippen LogP contribution is 2.20. The molecule has 0 fully saturated rings. The quantitative estimate of drug-likeness (QED) is 0.518. The Bertz CT molecular complexity index is 1290. The van der Waals surface area contributed by atoms with E-state index >= 15 is 0 Å². The van der Waals surface area contributed by atoms with Crippen molar-refractivity contribution in [1.82, 2.24) is 14.9 Å². The second kappa shape index (κ2) is 8.62. The van der Waals surface area contributed by atoms with Gasteiger partial charge >= 0.3 is 0 Å². The van der Waals surface area contributed by atoms with Crippen molar-refractivity contribution < 1.29 is 14.7 Å². The van der Waals surface area contributed by atoms with Gasteiger partial charge in [0.2, 0.25) is 5.91 Å². The average Bonchev–Trinajstić information content (AvgIpc) is 2.80. The molecule has 31 heavy (non-hydrogen) atoms. The minimum Gasteiger partial charge on any atom is -0.548 e. The highest BCUT2D eigenvalue weighted by atomic mass is 16.4. The van der Waals surface area contributed by atoms with E-state index in [1.54, 1.807) is 84.9 Å². The molecule has 154 valence electrons. The number of benzene rings is 3. The van der Waals surface area contributed by atoms with Gasteiger partial charge in [0, 0.05) is 0 Å². The Morgan fingerprint density at radius 3 is 2.06 bits per heavy atom.